The van der Waals surface area contributed by atoms with Gasteiger partial charge in [-0.25, -0.2) is 0 Å². The summed E-state index contributed by atoms with van der Waals surface area (Å²) in [7, 11) is 0. The first-order chi connectivity index (χ1) is 62.7. The van der Waals surface area contributed by atoms with Crippen LogP contribution in [0.25, 0.3) is 127 Å². The average Bonchev–Trinajstić information content (AvgIpc) is 1.65. The number of anilines is 5. The maximum absolute atomic E-state index is 8.59. The van der Waals surface area contributed by atoms with Crippen LogP contribution >= 0.6 is 0 Å². The first-order valence-electron chi connectivity index (χ1n) is 44.7. The van der Waals surface area contributed by atoms with E-state index >= 15 is 0 Å². The summed E-state index contributed by atoms with van der Waals surface area (Å²) in [5.74, 6) is 3.05. The van der Waals surface area contributed by atoms with Gasteiger partial charge >= 0.3 is 0 Å². The summed E-state index contributed by atoms with van der Waals surface area (Å²) in [5.41, 5.74) is 42.1. The Morgan fingerprint density at radius 3 is 1.33 bits per heavy atom. The highest BCUT2D eigenvalue weighted by Gasteiger charge is 2.55. The minimum absolute atomic E-state index is 0.134. The third-order valence-corrected chi connectivity index (χ3v) is 28.5. The van der Waals surface area contributed by atoms with Crippen molar-refractivity contribution < 1.29 is 9.47 Å². The zero-order valence-corrected chi connectivity index (χ0v) is 70.3. The second-order valence-electron chi connectivity index (χ2n) is 36.2. The normalized spacial score (nSPS) is 14.4. The van der Waals surface area contributed by atoms with E-state index in [0.717, 1.165) is 163 Å². The van der Waals surface area contributed by atoms with Crippen molar-refractivity contribution in [2.45, 2.75) is 38.5 Å². The van der Waals surface area contributed by atoms with Gasteiger partial charge < -0.3 is 28.4 Å². The van der Waals surface area contributed by atoms with E-state index in [1.54, 1.807) is 0 Å². The molecule has 0 amide bonds. The zero-order chi connectivity index (χ0) is 83.6. The number of rotatable bonds is 10. The SMILES string of the molecule is CC(C)(C)c1cc2c3c(c1)N(c1c(-c4ccccc4)cccc1-c1ccccc1)c1cc(-c4ccccc4)ccc1B3c1c(cc3c4c1Oc1cc(-c5ccccc5)ccc1B4c1c(cc4c5c1-n1c6ccccc6c6c(-c7ccccc7)ccc(c61)B5c1ccc(-c5ccccc5)c5c6ccccc6n-4c15)O3)N2C1=C(c2ccccc2)C=CCC1c1ccccc1. The lowest BCUT2D eigenvalue weighted by Crippen LogP contribution is -2.67. The number of hydrogen-bond donors (Lipinski definition) is 0. The predicted octanol–water partition coefficient (Wildman–Crippen LogP) is 24.0. The van der Waals surface area contributed by atoms with Crippen molar-refractivity contribution in [3.63, 3.8) is 0 Å². The molecular weight excluding hydrogens is 1540 g/mol. The van der Waals surface area contributed by atoms with Crippen molar-refractivity contribution in [1.29, 1.82) is 0 Å². The molecule has 2 aromatic heterocycles. The molecule has 6 nitrogen and oxygen atoms in total. The highest BCUT2D eigenvalue weighted by atomic mass is 16.5. The molecule has 1 aliphatic carbocycles. The lowest BCUT2D eigenvalue weighted by atomic mass is 9.29. The Bertz CT molecular complexity index is 8090. The number of hydrogen-bond acceptors (Lipinski definition) is 4. The maximum atomic E-state index is 8.59. The molecule has 9 heteroatoms. The standard InChI is InChI=1S/C118H79B3N4O2/c1-118(2,3)82-68-98-107-99(69-82)124(113-87(78-46-24-10-25-47-78)54-33-55-88(113)79-48-26-11-27-49-79)101-71-104-111-117(109(101)120(107)91-62-58-80(72-34-12-4-13-35-72)66-97(91)123(98)112-85(76-42-20-8-21-43-76)52-32-53-86(112)77-44-22-9-23-45-77)127-102-67-81(73-36-14-5-15-37-73)59-63-92(102)121(111)110-103(126-104)70-100-108-116(110)125-96-57-31-29-51-90(96)106-84(75-40-18-7-19-41-75)61-65-94(115(106)125)119(108)93-64-60-83(74-38-16-6-17-39-74)105-89-50-28-30-56-95(89)122(100)114(93)105/h4-54,56-71,88H,55H2,1-3H3. The largest absolute Gasteiger partial charge is 0.459 e. The topological polar surface area (TPSA) is 34.8 Å². The Hall–Kier alpha value is -15.6. The van der Waals surface area contributed by atoms with E-state index in [9.17, 15) is 0 Å². The second kappa shape index (κ2) is 27.5. The van der Waals surface area contributed by atoms with Crippen LogP contribution in [0, 0.1) is 0 Å². The molecule has 1 atom stereocenters. The summed E-state index contributed by atoms with van der Waals surface area (Å²) in [6.07, 6.45) is 5.59. The molecule has 0 bridgehead atoms. The van der Waals surface area contributed by atoms with Crippen molar-refractivity contribution in [3.05, 3.63) is 429 Å². The molecule has 0 radical (unpaired) electrons. The highest BCUT2D eigenvalue weighted by molar-refractivity contribution is 7.05. The number of nitrogens with zero attached hydrogens (tertiary/aromatic N) is 4. The van der Waals surface area contributed by atoms with Crippen LogP contribution in [0.1, 0.15) is 49.8 Å². The fourth-order valence-electron chi connectivity index (χ4n) is 23.1. The molecule has 7 aliphatic rings. The van der Waals surface area contributed by atoms with Gasteiger partial charge in [-0.1, -0.05) is 379 Å². The Labute approximate surface area is 738 Å². The van der Waals surface area contributed by atoms with E-state index in [0.29, 0.717) is 0 Å². The van der Waals surface area contributed by atoms with Crippen LogP contribution in [0.4, 0.5) is 28.4 Å². The number of para-hydroxylation sites is 3. The van der Waals surface area contributed by atoms with Crippen LogP contribution in [0.5, 0.6) is 23.0 Å². The molecule has 6 aliphatic heterocycles. The van der Waals surface area contributed by atoms with Gasteiger partial charge in [0.1, 0.15) is 23.0 Å². The smallest absolute Gasteiger partial charge is 0.263 e. The van der Waals surface area contributed by atoms with Crippen LogP contribution in [0.15, 0.2) is 412 Å². The van der Waals surface area contributed by atoms with Crippen LogP contribution in [-0.2, 0) is 5.41 Å². The number of ether oxygens (including phenoxy) is 2. The van der Waals surface area contributed by atoms with Crippen molar-refractivity contribution in [1.82, 2.24) is 9.13 Å². The Kier molecular flexibility index (Phi) is 15.6. The van der Waals surface area contributed by atoms with E-state index in [4.69, 9.17) is 9.47 Å². The van der Waals surface area contributed by atoms with Crippen LogP contribution in [0.3, 0.4) is 0 Å². The quantitative estimate of drug-likeness (QED) is 0.128. The third-order valence-electron chi connectivity index (χ3n) is 28.5. The molecule has 0 spiro atoms. The summed E-state index contributed by atoms with van der Waals surface area (Å²) in [5, 5.41) is 4.90. The molecule has 592 valence electrons. The Balaban J connectivity index is 0.825. The highest BCUT2D eigenvalue weighted by Crippen LogP contribution is 2.57. The fourth-order valence-corrected chi connectivity index (χ4v) is 23.1. The molecule has 1 unspecified atom stereocenters. The monoisotopic (exact) mass is 1620 g/mol. The summed E-state index contributed by atoms with van der Waals surface area (Å²) in [6, 6.07) is 148. The molecular formula is C118H79B3N4O2. The summed E-state index contributed by atoms with van der Waals surface area (Å²) >= 11 is 0. The molecule has 0 saturated carbocycles. The number of fused-ring (bicyclic) bond motifs is 20. The van der Waals surface area contributed by atoms with E-state index in [2.05, 4.69) is 446 Å². The van der Waals surface area contributed by atoms with Gasteiger partial charge in [0, 0.05) is 113 Å². The van der Waals surface area contributed by atoms with Gasteiger partial charge in [0.05, 0.1) is 16.7 Å². The van der Waals surface area contributed by atoms with Crippen molar-refractivity contribution in [3.8, 4) is 101 Å². The maximum Gasteiger partial charge on any atom is 0.263 e. The van der Waals surface area contributed by atoms with Crippen molar-refractivity contribution in [2.75, 3.05) is 9.80 Å². The molecule has 20 aromatic rings. The molecule has 127 heavy (non-hydrogen) atoms. The van der Waals surface area contributed by atoms with Gasteiger partial charge in [0.2, 0.25) is 0 Å². The first-order valence-corrected chi connectivity index (χ1v) is 44.7. The van der Waals surface area contributed by atoms with Gasteiger partial charge in [-0.05, 0) is 164 Å². The number of allylic oxidation sites excluding steroid dienone is 4. The number of aromatic nitrogens is 2. The van der Waals surface area contributed by atoms with Gasteiger partial charge in [-0.2, -0.15) is 0 Å². The van der Waals surface area contributed by atoms with E-state index in [1.807, 2.05) is 0 Å². The molecule has 0 fully saturated rings. The van der Waals surface area contributed by atoms with Crippen molar-refractivity contribution in [2.24, 2.45) is 0 Å². The lowest BCUT2D eigenvalue weighted by Gasteiger charge is -2.49. The van der Waals surface area contributed by atoms with E-state index in [1.165, 1.54) is 93.5 Å². The average molecular weight is 1620 g/mol. The van der Waals surface area contributed by atoms with E-state index < -0.39 is 13.4 Å². The molecule has 18 aromatic carbocycles. The fraction of sp³-hybridized carbons (Fsp3) is 0.0508. The summed E-state index contributed by atoms with van der Waals surface area (Å²) in [4.78, 5) is 5.44. The van der Waals surface area contributed by atoms with E-state index in [-0.39, 0.29) is 18.0 Å². The molecule has 0 N–H and O–H groups in total. The molecule has 0 saturated heterocycles. The van der Waals surface area contributed by atoms with Gasteiger partial charge in [-0.3, -0.25) is 0 Å². The number of benzene rings is 18. The van der Waals surface area contributed by atoms with Crippen molar-refractivity contribution >= 4 is 147 Å². The van der Waals surface area contributed by atoms with Gasteiger partial charge in [0.25, 0.3) is 20.1 Å². The molecule has 8 heterocycles. The summed E-state index contributed by atoms with van der Waals surface area (Å²) in [6.45, 7) is 6.04. The Morgan fingerprint density at radius 2 is 0.756 bits per heavy atom. The minimum atomic E-state index is -0.468. The summed E-state index contributed by atoms with van der Waals surface area (Å²) < 4.78 is 22.5. The second-order valence-corrected chi connectivity index (χ2v) is 36.2. The van der Waals surface area contributed by atoms with Gasteiger partial charge in [-0.15, -0.1) is 0 Å². The Morgan fingerprint density at radius 1 is 0.299 bits per heavy atom. The minimum Gasteiger partial charge on any atom is -0.459 e. The predicted molar refractivity (Wildman–Crippen MR) is 533 cm³/mol. The first kappa shape index (κ1) is 72.0. The van der Waals surface area contributed by atoms with Crippen LogP contribution in [0.2, 0.25) is 0 Å². The van der Waals surface area contributed by atoms with Crippen LogP contribution < -0.4 is 68.4 Å². The van der Waals surface area contributed by atoms with Crippen LogP contribution in [-0.4, -0.2) is 29.3 Å². The lowest BCUT2D eigenvalue weighted by molar-refractivity contribution is 0.467. The zero-order valence-electron chi connectivity index (χ0n) is 70.3. The molecule has 27 rings (SSSR count). The third kappa shape index (κ3) is 10.5. The van der Waals surface area contributed by atoms with Gasteiger partial charge in [0.15, 0.2) is 0 Å².